The number of sulfonamides is 1. The first-order valence-corrected chi connectivity index (χ1v) is 16.6. The Morgan fingerprint density at radius 3 is 2.26 bits per heavy atom. The van der Waals surface area contributed by atoms with Crippen LogP contribution in [-0.4, -0.2) is 42.0 Å². The van der Waals surface area contributed by atoms with Gasteiger partial charge in [-0.15, -0.1) is 0 Å². The van der Waals surface area contributed by atoms with Crippen LogP contribution in [0, 0.1) is 17.2 Å². The van der Waals surface area contributed by atoms with Crippen molar-refractivity contribution in [2.24, 2.45) is 16.3 Å². The second-order valence-electron chi connectivity index (χ2n) is 13.1. The molecular formula is C32H37F4N3O3S. The van der Waals surface area contributed by atoms with Crippen molar-refractivity contribution >= 4 is 21.6 Å². The average molecular weight is 620 g/mol. The van der Waals surface area contributed by atoms with Gasteiger partial charge in [-0.1, -0.05) is 44.7 Å². The molecule has 1 heterocycles. The molecule has 1 atom stereocenters. The lowest BCUT2D eigenvalue weighted by atomic mass is 9.38. The highest BCUT2D eigenvalue weighted by Crippen LogP contribution is 2.71. The summed E-state index contributed by atoms with van der Waals surface area (Å²) < 4.78 is 82.3. The van der Waals surface area contributed by atoms with Crippen molar-refractivity contribution in [1.82, 2.24) is 9.62 Å². The van der Waals surface area contributed by atoms with Gasteiger partial charge in [-0.05, 0) is 80.0 Å². The standard InChI is InChI=1S/C32H37F4N3O3S/c1-2-16-31(27(40)15-8-22-4-3-5-22)21-37-28(38-31)29-18-30(19-29,20-29)39(43(41,42)26-13-11-25(33)12-14-26)17-23-6-9-24(10-7-23)32(34,35)36/h6-7,9-14,22H,2-5,8,15-21H2,1H3,(H,37,38). The molecule has 2 aromatic rings. The molecule has 4 saturated carbocycles. The molecule has 0 radical (unpaired) electrons. The molecule has 11 heteroatoms. The Bertz CT molecular complexity index is 1500. The summed E-state index contributed by atoms with van der Waals surface area (Å²) in [5.74, 6) is 1.04. The van der Waals surface area contributed by atoms with Gasteiger partial charge >= 0.3 is 6.18 Å². The van der Waals surface area contributed by atoms with E-state index in [1.807, 2.05) is 0 Å². The number of hydrogen-bond acceptors (Lipinski definition) is 5. The number of amidine groups is 1. The van der Waals surface area contributed by atoms with E-state index in [0.29, 0.717) is 50.1 Å². The summed E-state index contributed by atoms with van der Waals surface area (Å²) in [7, 11) is -4.11. The van der Waals surface area contributed by atoms with Crippen molar-refractivity contribution in [2.45, 2.75) is 99.8 Å². The number of aliphatic imine (C=N–C) groups is 1. The first-order chi connectivity index (χ1) is 20.3. The minimum Gasteiger partial charge on any atom is -0.359 e. The maximum absolute atomic E-state index is 13.9. The van der Waals surface area contributed by atoms with Crippen LogP contribution in [-0.2, 0) is 27.5 Å². The van der Waals surface area contributed by atoms with Crippen LogP contribution in [0.3, 0.4) is 0 Å². The topological polar surface area (TPSA) is 78.8 Å². The fourth-order valence-electron chi connectivity index (χ4n) is 7.50. The highest BCUT2D eigenvalue weighted by atomic mass is 32.2. The number of Topliss-reactive ketones (excluding diaryl/α,β-unsaturated/α-hetero) is 1. The van der Waals surface area contributed by atoms with Crippen molar-refractivity contribution in [3.63, 3.8) is 0 Å². The number of carbonyl (C=O) groups excluding carboxylic acids is 1. The summed E-state index contributed by atoms with van der Waals surface area (Å²) >= 11 is 0. The van der Waals surface area contributed by atoms with Crippen LogP contribution >= 0.6 is 0 Å². The van der Waals surface area contributed by atoms with E-state index in [-0.39, 0.29) is 22.6 Å². The SMILES string of the molecule is CCCC1(C(=O)CCC2CCC2)CN=C(C23CC(N(Cc4ccc(C(F)(F)F)cc4)S(=O)(=O)c4ccc(F)cc4)(C2)C3)N1. The molecule has 2 aromatic carbocycles. The molecule has 1 N–H and O–H groups in total. The molecule has 232 valence electrons. The smallest absolute Gasteiger partial charge is 0.359 e. The van der Waals surface area contributed by atoms with Crippen LogP contribution in [0.15, 0.2) is 58.4 Å². The number of nitrogens with zero attached hydrogens (tertiary/aromatic N) is 2. The van der Waals surface area contributed by atoms with E-state index in [1.165, 1.54) is 47.8 Å². The molecule has 0 spiro atoms. The van der Waals surface area contributed by atoms with Crippen molar-refractivity contribution in [3.05, 3.63) is 65.5 Å². The summed E-state index contributed by atoms with van der Waals surface area (Å²) in [6.07, 6.45) is 3.56. The lowest BCUT2D eigenvalue weighted by Crippen LogP contribution is -2.79. The molecule has 5 aliphatic rings. The van der Waals surface area contributed by atoms with E-state index in [2.05, 4.69) is 12.2 Å². The van der Waals surface area contributed by atoms with E-state index in [4.69, 9.17) is 4.99 Å². The van der Waals surface area contributed by atoms with Crippen LogP contribution in [0.5, 0.6) is 0 Å². The number of carbonyl (C=O) groups is 1. The zero-order chi connectivity index (χ0) is 30.7. The predicted molar refractivity (Wildman–Crippen MR) is 154 cm³/mol. The molecule has 0 amide bonds. The number of hydrogen-bond donors (Lipinski definition) is 1. The van der Waals surface area contributed by atoms with E-state index in [9.17, 15) is 30.8 Å². The summed E-state index contributed by atoms with van der Waals surface area (Å²) in [5.41, 5.74) is -2.20. The summed E-state index contributed by atoms with van der Waals surface area (Å²) in [5, 5.41) is 3.53. The van der Waals surface area contributed by atoms with Gasteiger partial charge in [0.2, 0.25) is 10.0 Å². The predicted octanol–water partition coefficient (Wildman–Crippen LogP) is 6.65. The van der Waals surface area contributed by atoms with Gasteiger partial charge in [0.15, 0.2) is 5.78 Å². The number of benzene rings is 2. The maximum Gasteiger partial charge on any atom is 0.416 e. The number of nitrogens with one attached hydrogen (secondary N) is 1. The van der Waals surface area contributed by atoms with E-state index in [0.717, 1.165) is 42.9 Å². The minimum atomic E-state index is -4.50. The zero-order valence-corrected chi connectivity index (χ0v) is 25.0. The average Bonchev–Trinajstić information content (AvgIpc) is 3.31. The van der Waals surface area contributed by atoms with Gasteiger partial charge in [0.25, 0.3) is 0 Å². The Kier molecular flexibility index (Phi) is 7.51. The molecule has 7 rings (SSSR count). The molecule has 1 unspecified atom stereocenters. The van der Waals surface area contributed by atoms with Gasteiger partial charge in [0.05, 0.1) is 17.0 Å². The Hall–Kier alpha value is -2.79. The molecule has 1 aliphatic heterocycles. The van der Waals surface area contributed by atoms with Gasteiger partial charge in [-0.25, -0.2) is 12.8 Å². The summed E-state index contributed by atoms with van der Waals surface area (Å²) in [6.45, 7) is 2.32. The van der Waals surface area contributed by atoms with Gasteiger partial charge in [-0.3, -0.25) is 9.79 Å². The fraction of sp³-hybridized carbons (Fsp3) is 0.562. The van der Waals surface area contributed by atoms with Crippen molar-refractivity contribution in [3.8, 4) is 0 Å². The number of halogens is 4. The summed E-state index contributed by atoms with van der Waals surface area (Å²) in [6, 6.07) is 9.09. The van der Waals surface area contributed by atoms with E-state index < -0.39 is 38.7 Å². The number of ketones is 1. The van der Waals surface area contributed by atoms with E-state index >= 15 is 0 Å². The molecule has 4 aliphatic carbocycles. The first kappa shape index (κ1) is 30.2. The van der Waals surface area contributed by atoms with Crippen molar-refractivity contribution in [2.75, 3.05) is 6.54 Å². The highest BCUT2D eigenvalue weighted by Gasteiger charge is 2.75. The Labute approximate surface area is 250 Å². The molecule has 2 bridgehead atoms. The van der Waals surface area contributed by atoms with Crippen LogP contribution in [0.25, 0.3) is 0 Å². The Balaban J connectivity index is 1.21. The van der Waals surface area contributed by atoms with Crippen LogP contribution in [0.2, 0.25) is 0 Å². The van der Waals surface area contributed by atoms with E-state index in [1.54, 1.807) is 0 Å². The van der Waals surface area contributed by atoms with Crippen LogP contribution in [0.4, 0.5) is 17.6 Å². The van der Waals surface area contributed by atoms with Crippen molar-refractivity contribution < 1.29 is 30.8 Å². The lowest BCUT2D eigenvalue weighted by Gasteiger charge is -2.73. The molecule has 0 aromatic heterocycles. The highest BCUT2D eigenvalue weighted by molar-refractivity contribution is 7.89. The molecular weight excluding hydrogens is 582 g/mol. The molecule has 4 fully saturated rings. The third kappa shape index (κ3) is 5.30. The number of alkyl halides is 3. The largest absolute Gasteiger partial charge is 0.416 e. The van der Waals surface area contributed by atoms with Crippen LogP contribution < -0.4 is 5.32 Å². The van der Waals surface area contributed by atoms with Gasteiger partial charge in [0.1, 0.15) is 17.2 Å². The normalized spacial score (nSPS) is 28.5. The third-order valence-corrected chi connectivity index (χ3v) is 12.1. The second-order valence-corrected chi connectivity index (χ2v) is 14.9. The summed E-state index contributed by atoms with van der Waals surface area (Å²) in [4.78, 5) is 18.2. The molecule has 0 saturated heterocycles. The lowest BCUT2D eigenvalue weighted by molar-refractivity contribution is -0.151. The molecule has 43 heavy (non-hydrogen) atoms. The monoisotopic (exact) mass is 619 g/mol. The van der Waals surface area contributed by atoms with Crippen LogP contribution in [0.1, 0.15) is 82.3 Å². The third-order valence-electron chi connectivity index (χ3n) is 10.1. The quantitative estimate of drug-likeness (QED) is 0.270. The maximum atomic E-state index is 13.9. The number of rotatable bonds is 12. The van der Waals surface area contributed by atoms with Gasteiger partial charge in [0, 0.05) is 23.9 Å². The van der Waals surface area contributed by atoms with Gasteiger partial charge in [-0.2, -0.15) is 17.5 Å². The molecule has 6 nitrogen and oxygen atoms in total. The second kappa shape index (κ2) is 10.7. The van der Waals surface area contributed by atoms with Crippen molar-refractivity contribution in [1.29, 1.82) is 0 Å². The zero-order valence-electron chi connectivity index (χ0n) is 24.2. The fourth-order valence-corrected chi connectivity index (χ4v) is 9.26. The minimum absolute atomic E-state index is 0.0741. The van der Waals surface area contributed by atoms with Gasteiger partial charge < -0.3 is 5.32 Å². The Morgan fingerprint density at radius 2 is 1.70 bits per heavy atom. The Morgan fingerprint density at radius 1 is 1.05 bits per heavy atom. The first-order valence-electron chi connectivity index (χ1n) is 15.1.